The molecule has 0 bridgehead atoms. The number of benzene rings is 8. The van der Waals surface area contributed by atoms with Crippen molar-refractivity contribution in [1.29, 1.82) is 0 Å². The number of rotatable bonds is 2. The first-order valence-corrected chi connectivity index (χ1v) is 16.8. The summed E-state index contributed by atoms with van der Waals surface area (Å²) in [4.78, 5) is 0. The zero-order chi connectivity index (χ0) is 31.4. The molecule has 2 aliphatic carbocycles. The summed E-state index contributed by atoms with van der Waals surface area (Å²) >= 11 is 0. The first-order valence-electron chi connectivity index (χ1n) is 16.8. The highest BCUT2D eigenvalue weighted by molar-refractivity contribution is 6.13. The van der Waals surface area contributed by atoms with Crippen LogP contribution in [0.4, 0.5) is 0 Å². The minimum Gasteiger partial charge on any atom is -0.309 e. The lowest BCUT2D eigenvalue weighted by molar-refractivity contribution is 0.795. The molecule has 1 heteroatoms. The van der Waals surface area contributed by atoms with Gasteiger partial charge in [-0.15, -0.1) is 0 Å². The van der Waals surface area contributed by atoms with Gasteiger partial charge in [0.05, 0.1) is 16.4 Å². The number of fused-ring (bicyclic) bond motifs is 14. The molecule has 0 fully saturated rings. The van der Waals surface area contributed by atoms with Gasteiger partial charge in [-0.25, -0.2) is 0 Å². The van der Waals surface area contributed by atoms with Gasteiger partial charge in [-0.2, -0.15) is 0 Å². The van der Waals surface area contributed by atoms with E-state index in [1.165, 1.54) is 93.9 Å². The van der Waals surface area contributed by atoms with Gasteiger partial charge < -0.3 is 4.57 Å². The normalized spacial score (nSPS) is 13.6. The number of aromatic nitrogens is 1. The molecule has 2 aliphatic rings. The van der Waals surface area contributed by atoms with Crippen LogP contribution < -0.4 is 0 Å². The van der Waals surface area contributed by atoms with Gasteiger partial charge in [-0.1, -0.05) is 133 Å². The van der Waals surface area contributed by atoms with Gasteiger partial charge in [0.25, 0.3) is 0 Å². The molecule has 1 aromatic heterocycles. The van der Waals surface area contributed by atoms with Crippen molar-refractivity contribution >= 4 is 32.6 Å². The third-order valence-corrected chi connectivity index (χ3v) is 11.0. The van der Waals surface area contributed by atoms with Crippen molar-refractivity contribution in [3.63, 3.8) is 0 Å². The molecular formula is C47H29N. The minimum absolute atomic E-state index is 0.371. The number of hydrogen-bond acceptors (Lipinski definition) is 0. The van der Waals surface area contributed by atoms with Crippen LogP contribution in [0.3, 0.4) is 0 Å². The molecule has 0 saturated carbocycles. The molecule has 1 heterocycles. The van der Waals surface area contributed by atoms with Crippen LogP contribution in [0.25, 0.3) is 71.6 Å². The third kappa shape index (κ3) is 3.25. The van der Waals surface area contributed by atoms with Gasteiger partial charge in [0.2, 0.25) is 0 Å². The zero-order valence-corrected chi connectivity index (χ0v) is 26.2. The molecule has 9 aromatic rings. The van der Waals surface area contributed by atoms with Crippen LogP contribution >= 0.6 is 0 Å². The lowest BCUT2D eigenvalue weighted by atomic mass is 9.70. The highest BCUT2D eigenvalue weighted by Crippen LogP contribution is 2.63. The Kier molecular flexibility index (Phi) is 5.10. The molecular weight excluding hydrogens is 579 g/mol. The van der Waals surface area contributed by atoms with E-state index in [1.807, 2.05) is 0 Å². The van der Waals surface area contributed by atoms with Crippen molar-refractivity contribution in [2.75, 3.05) is 0 Å². The second-order valence-electron chi connectivity index (χ2n) is 13.3. The summed E-state index contributed by atoms with van der Waals surface area (Å²) < 4.78 is 2.46. The van der Waals surface area contributed by atoms with E-state index in [9.17, 15) is 0 Å². The minimum atomic E-state index is -0.371. The fraction of sp³-hybridized carbons (Fsp3) is 0.0213. The Hall–Kier alpha value is -6.18. The van der Waals surface area contributed by atoms with Crippen LogP contribution in [-0.4, -0.2) is 4.57 Å². The summed E-state index contributed by atoms with van der Waals surface area (Å²) in [5.41, 5.74) is 16.5. The lowest BCUT2D eigenvalue weighted by Crippen LogP contribution is -2.25. The first kappa shape index (κ1) is 25.9. The smallest absolute Gasteiger partial charge is 0.0725 e. The zero-order valence-electron chi connectivity index (χ0n) is 26.2. The van der Waals surface area contributed by atoms with Gasteiger partial charge in [-0.3, -0.25) is 0 Å². The second-order valence-corrected chi connectivity index (χ2v) is 13.3. The van der Waals surface area contributed by atoms with Crippen LogP contribution in [0, 0.1) is 0 Å². The van der Waals surface area contributed by atoms with Crippen LogP contribution in [0.15, 0.2) is 176 Å². The van der Waals surface area contributed by atoms with E-state index < -0.39 is 0 Å². The number of para-hydroxylation sites is 1. The summed E-state index contributed by atoms with van der Waals surface area (Å²) in [5, 5.41) is 5.08. The van der Waals surface area contributed by atoms with E-state index in [1.54, 1.807) is 0 Å². The van der Waals surface area contributed by atoms with Crippen molar-refractivity contribution in [3.05, 3.63) is 198 Å². The molecule has 0 radical (unpaired) electrons. The summed E-state index contributed by atoms with van der Waals surface area (Å²) in [5.74, 6) is 0. The first-order chi connectivity index (χ1) is 23.8. The summed E-state index contributed by atoms with van der Waals surface area (Å²) in [6.07, 6.45) is 0. The van der Waals surface area contributed by atoms with Gasteiger partial charge >= 0.3 is 0 Å². The van der Waals surface area contributed by atoms with Gasteiger partial charge in [0.15, 0.2) is 0 Å². The summed E-state index contributed by atoms with van der Waals surface area (Å²) in [6.45, 7) is 0. The SMILES string of the molecule is c1ccc(-n2c3ccc(-c4ccc5ccccc5c4)cc3c3cc4c(cc32)-c2ccccc2C42c3ccccc3-c3ccccc32)cc1. The van der Waals surface area contributed by atoms with E-state index in [-0.39, 0.29) is 5.41 Å². The molecule has 11 rings (SSSR count). The Morgan fingerprint density at radius 1 is 0.333 bits per heavy atom. The molecule has 8 aromatic carbocycles. The maximum atomic E-state index is 2.54. The Balaban J connectivity index is 1.27. The largest absolute Gasteiger partial charge is 0.309 e. The van der Waals surface area contributed by atoms with Crippen LogP contribution in [0.2, 0.25) is 0 Å². The van der Waals surface area contributed by atoms with Crippen molar-refractivity contribution in [2.45, 2.75) is 5.41 Å². The number of nitrogens with zero attached hydrogens (tertiary/aromatic N) is 1. The lowest BCUT2D eigenvalue weighted by Gasteiger charge is -2.30. The predicted octanol–water partition coefficient (Wildman–Crippen LogP) is 11.9. The van der Waals surface area contributed by atoms with Gasteiger partial charge in [0.1, 0.15) is 0 Å². The van der Waals surface area contributed by atoms with Crippen molar-refractivity contribution < 1.29 is 0 Å². The van der Waals surface area contributed by atoms with Crippen LogP contribution in [0.5, 0.6) is 0 Å². The average Bonchev–Trinajstić information content (AvgIpc) is 3.75. The van der Waals surface area contributed by atoms with Crippen molar-refractivity contribution in [1.82, 2.24) is 4.57 Å². The third-order valence-electron chi connectivity index (χ3n) is 11.0. The molecule has 0 aliphatic heterocycles. The predicted molar refractivity (Wildman–Crippen MR) is 200 cm³/mol. The quantitative estimate of drug-likeness (QED) is 0.184. The molecule has 0 N–H and O–H groups in total. The highest BCUT2D eigenvalue weighted by atomic mass is 15.0. The summed E-state index contributed by atoms with van der Waals surface area (Å²) in [7, 11) is 0. The van der Waals surface area contributed by atoms with E-state index in [4.69, 9.17) is 0 Å². The van der Waals surface area contributed by atoms with Crippen LogP contribution in [0.1, 0.15) is 22.3 Å². The fourth-order valence-corrected chi connectivity index (χ4v) is 9.01. The maximum Gasteiger partial charge on any atom is 0.0725 e. The monoisotopic (exact) mass is 607 g/mol. The topological polar surface area (TPSA) is 4.93 Å². The molecule has 1 nitrogen and oxygen atoms in total. The van der Waals surface area contributed by atoms with E-state index >= 15 is 0 Å². The maximum absolute atomic E-state index is 2.54. The number of hydrogen-bond donors (Lipinski definition) is 0. The molecule has 0 atom stereocenters. The van der Waals surface area contributed by atoms with Gasteiger partial charge in [-0.05, 0) is 109 Å². The van der Waals surface area contributed by atoms with E-state index in [0.717, 1.165) is 0 Å². The Bertz CT molecular complexity index is 2740. The second kappa shape index (κ2) is 9.44. The highest BCUT2D eigenvalue weighted by Gasteiger charge is 2.51. The molecule has 0 saturated heterocycles. The molecule has 1 spiro atoms. The van der Waals surface area contributed by atoms with E-state index in [0.29, 0.717) is 0 Å². The van der Waals surface area contributed by atoms with Crippen LogP contribution in [-0.2, 0) is 5.41 Å². The standard InChI is InChI=1S/C47H29N/c1-2-14-34(15-3-1)48-45-25-24-33(32-23-22-30-12-4-5-13-31(30)26-32)27-39(45)40-28-44-38(29-46(40)48)37-18-8-11-21-43(37)47(44)41-19-9-6-16-35(41)36-17-7-10-20-42(36)47/h1-29H. The van der Waals surface area contributed by atoms with Crippen molar-refractivity contribution in [3.8, 4) is 39.1 Å². The summed E-state index contributed by atoms with van der Waals surface area (Å²) in [6, 6.07) is 65.5. The Morgan fingerprint density at radius 2 is 0.875 bits per heavy atom. The average molecular weight is 608 g/mol. The molecule has 0 unspecified atom stereocenters. The van der Waals surface area contributed by atoms with Gasteiger partial charge in [0, 0.05) is 16.5 Å². The molecule has 222 valence electrons. The molecule has 48 heavy (non-hydrogen) atoms. The Morgan fingerprint density at radius 3 is 1.58 bits per heavy atom. The molecule has 0 amide bonds. The Labute approximate surface area is 279 Å². The fourth-order valence-electron chi connectivity index (χ4n) is 9.01. The van der Waals surface area contributed by atoms with E-state index in [2.05, 4.69) is 180 Å². The van der Waals surface area contributed by atoms with Crippen molar-refractivity contribution in [2.24, 2.45) is 0 Å².